The van der Waals surface area contributed by atoms with Gasteiger partial charge < -0.3 is 9.26 Å². The second-order valence-electron chi connectivity index (χ2n) is 12.3. The standard InChI is InChI=1S/C29H35FN6O4/c1-16(2)36-25(33-27(38)39-28(3,4)5)20(15-31)23(34-36)18-10-8-17(9-11-18)12-21(37)32-26-22(30)24(35-40-26)19-13-29(6,7)14-19/h8-11,16,19H,12-14H2,1-7H3,(H,32,37)(H,33,38). The molecule has 2 aromatic heterocycles. The summed E-state index contributed by atoms with van der Waals surface area (Å²) in [6.07, 6.45) is 0.920. The quantitative estimate of drug-likeness (QED) is 0.340. The van der Waals surface area contributed by atoms with E-state index in [4.69, 9.17) is 9.26 Å². The number of nitrogens with one attached hydrogen (secondary N) is 2. The molecule has 4 rings (SSSR count). The van der Waals surface area contributed by atoms with E-state index in [2.05, 4.69) is 40.8 Å². The van der Waals surface area contributed by atoms with Crippen LogP contribution in [0, 0.1) is 22.6 Å². The van der Waals surface area contributed by atoms with Gasteiger partial charge in [0.1, 0.15) is 28.6 Å². The molecule has 0 unspecified atom stereocenters. The van der Waals surface area contributed by atoms with Crippen molar-refractivity contribution >= 4 is 23.7 Å². The molecule has 1 fully saturated rings. The normalized spacial score (nSPS) is 14.9. The van der Waals surface area contributed by atoms with Crippen LogP contribution in [0.3, 0.4) is 0 Å². The van der Waals surface area contributed by atoms with Gasteiger partial charge in [-0.2, -0.15) is 14.8 Å². The van der Waals surface area contributed by atoms with Gasteiger partial charge in [-0.1, -0.05) is 43.3 Å². The molecule has 1 aromatic carbocycles. The van der Waals surface area contributed by atoms with Crippen LogP contribution >= 0.6 is 0 Å². The second kappa shape index (κ2) is 10.8. The van der Waals surface area contributed by atoms with Gasteiger partial charge in [0.05, 0.1) is 6.42 Å². The lowest BCUT2D eigenvalue weighted by molar-refractivity contribution is -0.115. The summed E-state index contributed by atoms with van der Waals surface area (Å²) < 4.78 is 26.8. The zero-order chi connectivity index (χ0) is 29.4. The highest BCUT2D eigenvalue weighted by atomic mass is 19.1. The Morgan fingerprint density at radius 2 is 1.88 bits per heavy atom. The molecule has 11 heteroatoms. The largest absolute Gasteiger partial charge is 0.444 e. The lowest BCUT2D eigenvalue weighted by Gasteiger charge is -2.41. The van der Waals surface area contributed by atoms with Gasteiger partial charge >= 0.3 is 6.09 Å². The minimum atomic E-state index is -0.709. The van der Waals surface area contributed by atoms with Gasteiger partial charge in [0.25, 0.3) is 5.88 Å². The lowest BCUT2D eigenvalue weighted by atomic mass is 9.63. The third-order valence-corrected chi connectivity index (χ3v) is 6.62. The molecule has 0 bridgehead atoms. The highest BCUT2D eigenvalue weighted by molar-refractivity contribution is 5.91. The molecule has 1 aliphatic rings. The first kappa shape index (κ1) is 28.8. The summed E-state index contributed by atoms with van der Waals surface area (Å²) in [5, 5.41) is 23.5. The van der Waals surface area contributed by atoms with E-state index < -0.39 is 23.4 Å². The summed E-state index contributed by atoms with van der Waals surface area (Å²) in [4.78, 5) is 25.0. The number of halogens is 1. The molecular formula is C29H35FN6O4. The van der Waals surface area contributed by atoms with Crippen molar-refractivity contribution in [1.82, 2.24) is 14.9 Å². The van der Waals surface area contributed by atoms with Crippen LogP contribution < -0.4 is 10.6 Å². The minimum Gasteiger partial charge on any atom is -0.444 e. The van der Waals surface area contributed by atoms with E-state index >= 15 is 0 Å². The topological polar surface area (TPSA) is 135 Å². The third kappa shape index (κ3) is 6.33. The molecule has 40 heavy (non-hydrogen) atoms. The van der Waals surface area contributed by atoms with Crippen LogP contribution in [0.4, 0.5) is 20.9 Å². The molecule has 2 amide bonds. The highest BCUT2D eigenvalue weighted by Crippen LogP contribution is 2.51. The Morgan fingerprint density at radius 1 is 1.23 bits per heavy atom. The van der Waals surface area contributed by atoms with E-state index in [0.717, 1.165) is 12.8 Å². The van der Waals surface area contributed by atoms with E-state index in [1.165, 1.54) is 0 Å². The molecule has 1 aliphatic carbocycles. The van der Waals surface area contributed by atoms with Gasteiger partial charge in [0.2, 0.25) is 11.7 Å². The number of hydrogen-bond acceptors (Lipinski definition) is 7. The zero-order valence-corrected chi connectivity index (χ0v) is 23.9. The summed E-state index contributed by atoms with van der Waals surface area (Å²) in [6, 6.07) is 8.91. The van der Waals surface area contributed by atoms with Gasteiger partial charge in [0.15, 0.2) is 5.82 Å². The fraction of sp³-hybridized carbons (Fsp3) is 0.483. The number of anilines is 2. The van der Waals surface area contributed by atoms with Crippen LogP contribution in [0.25, 0.3) is 11.3 Å². The Bertz CT molecular complexity index is 1450. The molecule has 212 valence electrons. The zero-order valence-electron chi connectivity index (χ0n) is 23.9. The fourth-order valence-electron chi connectivity index (χ4n) is 4.86. The maximum absolute atomic E-state index is 14.8. The van der Waals surface area contributed by atoms with Crippen molar-refractivity contribution in [2.24, 2.45) is 5.41 Å². The summed E-state index contributed by atoms with van der Waals surface area (Å²) in [7, 11) is 0. The molecule has 0 radical (unpaired) electrons. The first-order chi connectivity index (χ1) is 18.7. The number of carbonyl (C=O) groups excluding carboxylic acids is 2. The highest BCUT2D eigenvalue weighted by Gasteiger charge is 2.41. The number of nitrogens with zero attached hydrogens (tertiary/aromatic N) is 4. The van der Waals surface area contributed by atoms with Crippen molar-refractivity contribution in [3.8, 4) is 17.3 Å². The van der Waals surface area contributed by atoms with Gasteiger partial charge in [0, 0.05) is 17.5 Å². The third-order valence-electron chi connectivity index (χ3n) is 6.62. The van der Waals surface area contributed by atoms with Crippen LogP contribution in [0.5, 0.6) is 0 Å². The van der Waals surface area contributed by atoms with Crippen molar-refractivity contribution in [2.45, 2.75) is 85.3 Å². The van der Waals surface area contributed by atoms with Gasteiger partial charge in [-0.05, 0) is 58.4 Å². The van der Waals surface area contributed by atoms with Crippen LogP contribution in [0.1, 0.15) is 90.1 Å². The molecule has 10 nitrogen and oxygen atoms in total. The second-order valence-corrected chi connectivity index (χ2v) is 12.3. The maximum atomic E-state index is 14.8. The van der Waals surface area contributed by atoms with E-state index in [1.54, 1.807) is 49.7 Å². The average Bonchev–Trinajstić information content (AvgIpc) is 3.36. The van der Waals surface area contributed by atoms with Crippen molar-refractivity contribution < 1.29 is 23.2 Å². The number of ether oxygens (including phenoxy) is 1. The van der Waals surface area contributed by atoms with E-state index in [9.17, 15) is 19.2 Å². The first-order valence-corrected chi connectivity index (χ1v) is 13.2. The van der Waals surface area contributed by atoms with Gasteiger partial charge in [-0.15, -0.1) is 0 Å². The average molecular weight is 551 g/mol. The smallest absolute Gasteiger partial charge is 0.413 e. The van der Waals surface area contributed by atoms with Crippen molar-refractivity contribution in [3.05, 3.63) is 46.9 Å². The Balaban J connectivity index is 1.47. The molecule has 0 saturated heterocycles. The number of hydrogen-bond donors (Lipinski definition) is 2. The molecule has 0 spiro atoms. The fourth-order valence-corrected chi connectivity index (χ4v) is 4.86. The van der Waals surface area contributed by atoms with E-state index in [0.29, 0.717) is 16.8 Å². The Kier molecular flexibility index (Phi) is 7.74. The Labute approximate surface area is 232 Å². The maximum Gasteiger partial charge on any atom is 0.413 e. The first-order valence-electron chi connectivity index (χ1n) is 13.2. The molecular weight excluding hydrogens is 515 g/mol. The van der Waals surface area contributed by atoms with E-state index in [-0.39, 0.29) is 46.8 Å². The molecule has 3 aromatic rings. The van der Waals surface area contributed by atoms with Crippen molar-refractivity contribution in [2.75, 3.05) is 10.6 Å². The van der Waals surface area contributed by atoms with Gasteiger partial charge in [-0.25, -0.2) is 9.48 Å². The number of carbonyl (C=O) groups is 2. The number of benzene rings is 1. The van der Waals surface area contributed by atoms with Crippen LogP contribution in [0.2, 0.25) is 0 Å². The molecule has 2 heterocycles. The Hall–Kier alpha value is -4.20. The number of nitriles is 1. The summed E-state index contributed by atoms with van der Waals surface area (Å²) in [5.41, 5.74) is 1.57. The summed E-state index contributed by atoms with van der Waals surface area (Å²) in [5.74, 6) is -1.11. The summed E-state index contributed by atoms with van der Waals surface area (Å²) >= 11 is 0. The van der Waals surface area contributed by atoms with Crippen molar-refractivity contribution in [3.63, 3.8) is 0 Å². The number of aromatic nitrogens is 3. The van der Waals surface area contributed by atoms with Crippen molar-refractivity contribution in [1.29, 1.82) is 5.26 Å². The predicted molar refractivity (Wildman–Crippen MR) is 147 cm³/mol. The van der Waals surface area contributed by atoms with Crippen LogP contribution in [-0.4, -0.2) is 32.5 Å². The van der Waals surface area contributed by atoms with Crippen LogP contribution in [-0.2, 0) is 16.0 Å². The van der Waals surface area contributed by atoms with Gasteiger partial charge in [-0.3, -0.25) is 15.4 Å². The van der Waals surface area contributed by atoms with E-state index in [1.807, 2.05) is 13.8 Å². The monoisotopic (exact) mass is 550 g/mol. The molecule has 0 atom stereocenters. The van der Waals surface area contributed by atoms with Crippen LogP contribution in [0.15, 0.2) is 28.8 Å². The minimum absolute atomic E-state index is 0.00531. The molecule has 2 N–H and O–H groups in total. The SMILES string of the molecule is CC(C)n1nc(-c2ccc(CC(=O)Nc3onc(C4CC(C)(C)C4)c3F)cc2)c(C#N)c1NC(=O)OC(C)(C)C. The lowest BCUT2D eigenvalue weighted by Crippen LogP contribution is -2.30. The predicted octanol–water partition coefficient (Wildman–Crippen LogP) is 6.56. The Morgan fingerprint density at radius 3 is 2.42 bits per heavy atom. The number of rotatable bonds is 7. The summed E-state index contributed by atoms with van der Waals surface area (Å²) in [6.45, 7) is 13.2. The molecule has 1 saturated carbocycles. The number of amides is 2. The molecule has 0 aliphatic heterocycles.